The van der Waals surface area contributed by atoms with Gasteiger partial charge < -0.3 is 5.32 Å². The molecule has 2 aromatic rings. The van der Waals surface area contributed by atoms with Crippen LogP contribution < -0.4 is 5.32 Å². The van der Waals surface area contributed by atoms with E-state index in [-0.39, 0.29) is 29.8 Å². The Morgan fingerprint density at radius 2 is 1.59 bits per heavy atom. The van der Waals surface area contributed by atoms with Gasteiger partial charge in [-0.15, -0.1) is 0 Å². The van der Waals surface area contributed by atoms with Crippen molar-refractivity contribution in [2.45, 2.75) is 37.3 Å². The molecule has 14 heteroatoms. The fourth-order valence-corrected chi connectivity index (χ4v) is 3.53. The average Bonchev–Trinajstić information content (AvgIpc) is 2.72. The van der Waals surface area contributed by atoms with Crippen molar-refractivity contribution < 1.29 is 48.7 Å². The van der Waals surface area contributed by atoms with Gasteiger partial charge >= 0.3 is 23.9 Å². The maximum absolute atomic E-state index is 14.8. The number of carbonyl (C=O) groups is 1. The van der Waals surface area contributed by atoms with Gasteiger partial charge in [0.1, 0.15) is 11.9 Å². The van der Waals surface area contributed by atoms with Crippen molar-refractivity contribution in [1.29, 1.82) is 5.26 Å². The van der Waals surface area contributed by atoms with Crippen LogP contribution in [-0.2, 0) is 12.1 Å². The van der Waals surface area contributed by atoms with Crippen LogP contribution in [0.5, 0.6) is 0 Å². The zero-order valence-electron chi connectivity index (χ0n) is 16.6. The predicted molar refractivity (Wildman–Crippen MR) is 102 cm³/mol. The molecule has 0 saturated carbocycles. The average molecular weight is 565 g/mol. The number of aryl methyl sites for hydroxylation is 1. The number of benzene rings is 2. The van der Waals surface area contributed by atoms with Crippen LogP contribution in [0, 0.1) is 17.1 Å². The van der Waals surface area contributed by atoms with Crippen LogP contribution in [0.25, 0.3) is 0 Å². The summed E-state index contributed by atoms with van der Waals surface area (Å²) in [6.07, 6.45) is -13.9. The molecule has 1 atom stereocenters. The van der Waals surface area contributed by atoms with Crippen LogP contribution in [0.1, 0.15) is 34.0 Å². The molecule has 0 bridgehead atoms. The number of nitriles is 1. The first-order valence-corrected chi connectivity index (χ1v) is 9.75. The summed E-state index contributed by atoms with van der Waals surface area (Å²) in [6.45, 7) is 1.25. The summed E-state index contributed by atoms with van der Waals surface area (Å²) < 4.78 is 134. The molecule has 0 fully saturated rings. The molecule has 1 N–H and O–H groups in total. The number of hydrogen-bond donors (Lipinski definition) is 1. The van der Waals surface area contributed by atoms with Crippen LogP contribution in [0.15, 0.2) is 34.8 Å². The quantitative estimate of drug-likeness (QED) is 0.390. The first kappa shape index (κ1) is 27.4. The number of hydrogen-bond acceptors (Lipinski definition) is 2. The van der Waals surface area contributed by atoms with Crippen LogP contribution in [-0.4, -0.2) is 24.2 Å². The zero-order valence-corrected chi connectivity index (χ0v) is 18.2. The van der Waals surface area contributed by atoms with Gasteiger partial charge in [-0.1, -0.05) is 6.92 Å². The molecule has 0 aliphatic rings. The number of nitrogens with zero attached hydrogens (tertiary/aromatic N) is 1. The number of rotatable bonds is 5. The SMILES string of the molecule is CCc1cc(C(F)(C(F)(F)F)C(F)(F)C(F)(F)F)cc(Br)c1NC(=O)c1ccc(C#N)c(F)c1. The largest absolute Gasteiger partial charge is 0.457 e. The summed E-state index contributed by atoms with van der Waals surface area (Å²) in [7, 11) is 0. The van der Waals surface area contributed by atoms with Crippen LogP contribution in [0.4, 0.5) is 49.6 Å². The molecule has 34 heavy (non-hydrogen) atoms. The summed E-state index contributed by atoms with van der Waals surface area (Å²) in [5.74, 6) is -8.98. The Morgan fingerprint density at radius 1 is 1.00 bits per heavy atom. The van der Waals surface area contributed by atoms with E-state index in [0.29, 0.717) is 6.07 Å². The third-order valence-corrected chi connectivity index (χ3v) is 5.35. The van der Waals surface area contributed by atoms with Crippen LogP contribution in [0.3, 0.4) is 0 Å². The molecule has 0 aliphatic carbocycles. The molecule has 0 spiro atoms. The molecule has 2 aromatic carbocycles. The van der Waals surface area contributed by atoms with Crippen molar-refractivity contribution in [2.75, 3.05) is 5.32 Å². The molecule has 3 nitrogen and oxygen atoms in total. The highest BCUT2D eigenvalue weighted by molar-refractivity contribution is 9.10. The first-order chi connectivity index (χ1) is 15.4. The topological polar surface area (TPSA) is 52.9 Å². The third-order valence-electron chi connectivity index (χ3n) is 4.72. The lowest BCUT2D eigenvalue weighted by Crippen LogP contribution is -2.59. The minimum absolute atomic E-state index is 0.0429. The predicted octanol–water partition coefficient (Wildman–Crippen LogP) is 7.20. The molecule has 0 heterocycles. The lowest BCUT2D eigenvalue weighted by molar-refractivity contribution is -0.389. The highest BCUT2D eigenvalue weighted by atomic mass is 79.9. The van der Waals surface area contributed by atoms with Gasteiger partial charge in [-0.05, 0) is 58.2 Å². The highest BCUT2D eigenvalue weighted by Gasteiger charge is 2.81. The molecule has 184 valence electrons. The summed E-state index contributed by atoms with van der Waals surface area (Å²) >= 11 is 2.66. The third kappa shape index (κ3) is 4.57. The van der Waals surface area contributed by atoms with Crippen molar-refractivity contribution in [2.24, 2.45) is 0 Å². The minimum Gasteiger partial charge on any atom is -0.321 e. The van der Waals surface area contributed by atoms with Crippen molar-refractivity contribution in [3.63, 3.8) is 0 Å². The molecule has 1 unspecified atom stereocenters. The molecular formula is C20H11BrF10N2O. The summed E-state index contributed by atoms with van der Waals surface area (Å²) in [5.41, 5.74) is -9.75. The summed E-state index contributed by atoms with van der Waals surface area (Å²) in [5, 5.41) is 10.9. The maximum atomic E-state index is 14.8. The minimum atomic E-state index is -6.89. The van der Waals surface area contributed by atoms with E-state index in [1.807, 2.05) is 0 Å². The van der Waals surface area contributed by atoms with Gasteiger partial charge in [0, 0.05) is 15.6 Å². The van der Waals surface area contributed by atoms with Gasteiger partial charge in [-0.2, -0.15) is 40.4 Å². The Balaban J connectivity index is 2.63. The van der Waals surface area contributed by atoms with Crippen LogP contribution in [0.2, 0.25) is 0 Å². The van der Waals surface area contributed by atoms with Crippen molar-refractivity contribution in [3.05, 3.63) is 62.9 Å². The second-order valence-electron chi connectivity index (χ2n) is 6.83. The van der Waals surface area contributed by atoms with E-state index < -0.39 is 56.8 Å². The molecule has 2 rings (SSSR count). The lowest BCUT2D eigenvalue weighted by atomic mass is 9.86. The van der Waals surface area contributed by atoms with Gasteiger partial charge in [0.05, 0.1) is 11.3 Å². The van der Waals surface area contributed by atoms with Crippen molar-refractivity contribution in [3.8, 4) is 6.07 Å². The summed E-state index contributed by atoms with van der Waals surface area (Å²) in [6, 6.07) is 4.35. The number of carbonyl (C=O) groups excluding carboxylic acids is 1. The number of nitrogens with one attached hydrogen (secondary N) is 1. The molecule has 1 amide bonds. The molecular weight excluding hydrogens is 554 g/mol. The maximum Gasteiger partial charge on any atom is 0.457 e. The van der Waals surface area contributed by atoms with E-state index in [1.165, 1.54) is 13.0 Å². The fourth-order valence-electron chi connectivity index (χ4n) is 2.93. The van der Waals surface area contributed by atoms with Crippen molar-refractivity contribution in [1.82, 2.24) is 0 Å². The Hall–Kier alpha value is -2.82. The van der Waals surface area contributed by atoms with Gasteiger partial charge in [0.15, 0.2) is 0 Å². The molecule has 0 saturated heterocycles. The van der Waals surface area contributed by atoms with Crippen molar-refractivity contribution >= 4 is 27.5 Å². The Morgan fingerprint density at radius 3 is 2.03 bits per heavy atom. The Labute approximate surface area is 193 Å². The van der Waals surface area contributed by atoms with E-state index in [2.05, 4.69) is 21.2 Å². The van der Waals surface area contributed by atoms with E-state index in [0.717, 1.165) is 12.1 Å². The highest BCUT2D eigenvalue weighted by Crippen LogP contribution is 2.58. The monoisotopic (exact) mass is 564 g/mol. The number of anilines is 1. The molecule has 0 aromatic heterocycles. The first-order valence-electron chi connectivity index (χ1n) is 8.96. The smallest absolute Gasteiger partial charge is 0.321 e. The number of alkyl halides is 9. The zero-order chi connectivity index (χ0) is 26.3. The fraction of sp³-hybridized carbons (Fsp3) is 0.300. The second-order valence-corrected chi connectivity index (χ2v) is 7.69. The second kappa shape index (κ2) is 9.09. The van der Waals surface area contributed by atoms with E-state index in [4.69, 9.17) is 5.26 Å². The van der Waals surface area contributed by atoms with E-state index >= 15 is 0 Å². The lowest BCUT2D eigenvalue weighted by Gasteiger charge is -2.36. The van der Waals surface area contributed by atoms with Gasteiger partial charge in [-0.25, -0.2) is 8.78 Å². The summed E-state index contributed by atoms with van der Waals surface area (Å²) in [4.78, 5) is 12.4. The standard InChI is InChI=1S/C20H11BrF10N2O/c1-2-9-5-12(17(23,19(26,27)28)18(24,25)20(29,30)31)7-13(21)15(9)33-16(34)10-3-4-11(8-32)14(22)6-10/h3-7H,2H2,1H3,(H,33,34). The Kier molecular flexibility index (Phi) is 7.33. The molecule has 0 aliphatic heterocycles. The number of halogens is 11. The van der Waals surface area contributed by atoms with Gasteiger partial charge in [-0.3, -0.25) is 4.79 Å². The molecule has 0 radical (unpaired) electrons. The van der Waals surface area contributed by atoms with Gasteiger partial charge in [0.2, 0.25) is 0 Å². The van der Waals surface area contributed by atoms with Crippen LogP contribution >= 0.6 is 15.9 Å². The van der Waals surface area contributed by atoms with E-state index in [1.54, 1.807) is 0 Å². The number of amides is 1. The van der Waals surface area contributed by atoms with E-state index in [9.17, 15) is 48.7 Å². The van der Waals surface area contributed by atoms with Gasteiger partial charge in [0.25, 0.3) is 5.91 Å². The normalized spacial score (nSPS) is 14.3. The Bertz CT molecular complexity index is 1150.